The number of hydrogen-bond acceptors (Lipinski definition) is 6. The van der Waals surface area contributed by atoms with Crippen LogP contribution >= 0.6 is 11.3 Å². The van der Waals surface area contributed by atoms with Crippen LogP contribution in [-0.2, 0) is 11.2 Å². The molecular formula is C22H21N3O3S. The second-order valence-electron chi connectivity index (χ2n) is 6.34. The van der Waals surface area contributed by atoms with Gasteiger partial charge < -0.3 is 9.47 Å². The van der Waals surface area contributed by atoms with Gasteiger partial charge in [0.1, 0.15) is 0 Å². The predicted molar refractivity (Wildman–Crippen MR) is 113 cm³/mol. The van der Waals surface area contributed by atoms with Gasteiger partial charge in [-0.05, 0) is 31.5 Å². The van der Waals surface area contributed by atoms with Crippen molar-refractivity contribution in [2.24, 2.45) is 0 Å². The van der Waals surface area contributed by atoms with Crippen molar-refractivity contribution < 1.29 is 14.3 Å². The fraction of sp³-hybridized carbons (Fsp3) is 0.227. The Morgan fingerprint density at radius 1 is 1.17 bits per heavy atom. The maximum absolute atomic E-state index is 12.2. The number of benzene rings is 2. The summed E-state index contributed by atoms with van der Waals surface area (Å²) in [6.45, 7) is 4.15. The SMILES string of the molecule is CCOc1cc(C#N)ccc1OCC(=O)Nc1ncc(Cc2ccc(C)cc2)s1. The molecule has 0 saturated heterocycles. The number of carbonyl (C=O) groups is 1. The minimum absolute atomic E-state index is 0.182. The van der Waals surface area contributed by atoms with Crippen LogP contribution in [0.5, 0.6) is 11.5 Å². The van der Waals surface area contributed by atoms with Gasteiger partial charge in [0, 0.05) is 23.6 Å². The molecule has 0 saturated carbocycles. The van der Waals surface area contributed by atoms with Crippen LogP contribution in [-0.4, -0.2) is 24.1 Å². The minimum Gasteiger partial charge on any atom is -0.490 e. The van der Waals surface area contributed by atoms with Gasteiger partial charge in [-0.25, -0.2) is 4.98 Å². The third-order valence-electron chi connectivity index (χ3n) is 4.03. The van der Waals surface area contributed by atoms with Gasteiger partial charge in [-0.1, -0.05) is 29.8 Å². The summed E-state index contributed by atoms with van der Waals surface area (Å²) in [4.78, 5) is 17.6. The summed E-state index contributed by atoms with van der Waals surface area (Å²) in [7, 11) is 0. The Bertz CT molecular complexity index is 1020. The minimum atomic E-state index is -0.312. The number of rotatable bonds is 8. The number of aryl methyl sites for hydroxylation is 1. The fourth-order valence-electron chi connectivity index (χ4n) is 2.62. The zero-order valence-corrected chi connectivity index (χ0v) is 17.1. The molecule has 1 heterocycles. The van der Waals surface area contributed by atoms with Crippen molar-refractivity contribution in [1.29, 1.82) is 5.26 Å². The first kappa shape index (κ1) is 20.4. The summed E-state index contributed by atoms with van der Waals surface area (Å²) in [5.74, 6) is 0.544. The van der Waals surface area contributed by atoms with Gasteiger partial charge in [-0.3, -0.25) is 10.1 Å². The first-order chi connectivity index (χ1) is 14.1. The lowest BCUT2D eigenvalue weighted by Gasteiger charge is -2.11. The molecule has 3 rings (SSSR count). The molecule has 0 atom stereocenters. The third-order valence-corrected chi connectivity index (χ3v) is 4.94. The van der Waals surface area contributed by atoms with E-state index in [2.05, 4.69) is 47.6 Å². The molecular weight excluding hydrogens is 386 g/mol. The second kappa shape index (κ2) is 9.71. The van der Waals surface area contributed by atoms with Crippen LogP contribution in [0.1, 0.15) is 28.5 Å². The smallest absolute Gasteiger partial charge is 0.264 e. The topological polar surface area (TPSA) is 84.2 Å². The number of carbonyl (C=O) groups excluding carboxylic acids is 1. The fourth-order valence-corrected chi connectivity index (χ4v) is 3.48. The molecule has 0 unspecified atom stereocenters. The van der Waals surface area contributed by atoms with Crippen LogP contribution in [0.3, 0.4) is 0 Å². The van der Waals surface area contributed by atoms with Gasteiger partial charge in [-0.15, -0.1) is 11.3 Å². The summed E-state index contributed by atoms with van der Waals surface area (Å²) >= 11 is 1.44. The largest absolute Gasteiger partial charge is 0.490 e. The quantitative estimate of drug-likeness (QED) is 0.601. The highest BCUT2D eigenvalue weighted by molar-refractivity contribution is 7.15. The summed E-state index contributed by atoms with van der Waals surface area (Å²) < 4.78 is 11.0. The Balaban J connectivity index is 1.56. The molecule has 148 valence electrons. The Morgan fingerprint density at radius 2 is 1.97 bits per heavy atom. The molecule has 3 aromatic rings. The van der Waals surface area contributed by atoms with Crippen molar-refractivity contribution in [3.05, 3.63) is 70.2 Å². The normalized spacial score (nSPS) is 10.2. The molecule has 0 aliphatic rings. The summed E-state index contributed by atoms with van der Waals surface area (Å²) in [6.07, 6.45) is 2.54. The van der Waals surface area contributed by atoms with E-state index in [1.807, 2.05) is 6.92 Å². The van der Waals surface area contributed by atoms with Gasteiger partial charge in [0.2, 0.25) is 0 Å². The van der Waals surface area contributed by atoms with Crippen molar-refractivity contribution in [3.8, 4) is 17.6 Å². The van der Waals surface area contributed by atoms with Crippen LogP contribution in [0.2, 0.25) is 0 Å². The van der Waals surface area contributed by atoms with E-state index < -0.39 is 0 Å². The van der Waals surface area contributed by atoms with Crippen molar-refractivity contribution >= 4 is 22.4 Å². The van der Waals surface area contributed by atoms with E-state index in [4.69, 9.17) is 14.7 Å². The van der Waals surface area contributed by atoms with Gasteiger partial charge >= 0.3 is 0 Å². The van der Waals surface area contributed by atoms with Crippen molar-refractivity contribution in [1.82, 2.24) is 4.98 Å². The Morgan fingerprint density at radius 3 is 2.69 bits per heavy atom. The third kappa shape index (κ3) is 5.80. The lowest BCUT2D eigenvalue weighted by atomic mass is 10.1. The van der Waals surface area contributed by atoms with E-state index in [0.29, 0.717) is 28.8 Å². The van der Waals surface area contributed by atoms with Gasteiger partial charge in [-0.2, -0.15) is 5.26 Å². The lowest BCUT2D eigenvalue weighted by Crippen LogP contribution is -2.20. The highest BCUT2D eigenvalue weighted by Crippen LogP contribution is 2.28. The Hall–Kier alpha value is -3.37. The van der Waals surface area contributed by atoms with E-state index in [0.717, 1.165) is 11.3 Å². The number of thiazole rings is 1. The molecule has 0 fully saturated rings. The summed E-state index contributed by atoms with van der Waals surface area (Å²) in [5, 5.41) is 12.3. The molecule has 2 aromatic carbocycles. The van der Waals surface area contributed by atoms with Crippen LogP contribution in [0.15, 0.2) is 48.7 Å². The lowest BCUT2D eigenvalue weighted by molar-refractivity contribution is -0.118. The van der Waals surface area contributed by atoms with Gasteiger partial charge in [0.15, 0.2) is 23.2 Å². The van der Waals surface area contributed by atoms with Crippen LogP contribution in [0.25, 0.3) is 0 Å². The molecule has 0 spiro atoms. The number of nitriles is 1. The number of anilines is 1. The predicted octanol–water partition coefficient (Wildman–Crippen LogP) is 4.33. The van der Waals surface area contributed by atoms with Crippen LogP contribution < -0.4 is 14.8 Å². The number of ether oxygens (including phenoxy) is 2. The molecule has 6 nitrogen and oxygen atoms in total. The van der Waals surface area contributed by atoms with E-state index in [9.17, 15) is 4.79 Å². The van der Waals surface area contributed by atoms with Crippen molar-refractivity contribution in [2.45, 2.75) is 20.3 Å². The van der Waals surface area contributed by atoms with Crippen molar-refractivity contribution in [3.63, 3.8) is 0 Å². The van der Waals surface area contributed by atoms with Crippen LogP contribution in [0, 0.1) is 18.3 Å². The maximum Gasteiger partial charge on any atom is 0.264 e. The number of hydrogen-bond donors (Lipinski definition) is 1. The van der Waals surface area contributed by atoms with E-state index >= 15 is 0 Å². The molecule has 7 heteroatoms. The average molecular weight is 407 g/mol. The molecule has 29 heavy (non-hydrogen) atoms. The van der Waals surface area contributed by atoms with E-state index in [-0.39, 0.29) is 12.5 Å². The Labute approximate surface area is 173 Å². The molecule has 0 aliphatic carbocycles. The zero-order valence-electron chi connectivity index (χ0n) is 16.3. The molecule has 1 aromatic heterocycles. The molecule has 0 radical (unpaired) electrons. The molecule has 0 bridgehead atoms. The number of aromatic nitrogens is 1. The van der Waals surface area contributed by atoms with Crippen molar-refractivity contribution in [2.75, 3.05) is 18.5 Å². The monoisotopic (exact) mass is 407 g/mol. The van der Waals surface area contributed by atoms with Crippen LogP contribution in [0.4, 0.5) is 5.13 Å². The summed E-state index contributed by atoms with van der Waals surface area (Å²) in [5.41, 5.74) is 2.89. The number of nitrogens with one attached hydrogen (secondary N) is 1. The Kier molecular flexibility index (Phi) is 6.82. The highest BCUT2D eigenvalue weighted by Gasteiger charge is 2.11. The zero-order chi connectivity index (χ0) is 20.6. The van der Waals surface area contributed by atoms with Gasteiger partial charge in [0.05, 0.1) is 18.2 Å². The standard InChI is InChI=1S/C22H21N3O3S/c1-3-27-20-11-17(12-23)8-9-19(20)28-14-21(26)25-22-24-13-18(29-22)10-16-6-4-15(2)5-7-16/h4-9,11,13H,3,10,14H2,1-2H3,(H,24,25,26). The summed E-state index contributed by atoms with van der Waals surface area (Å²) in [6, 6.07) is 15.2. The second-order valence-corrected chi connectivity index (χ2v) is 7.45. The number of amides is 1. The molecule has 0 aliphatic heterocycles. The molecule has 1 amide bonds. The van der Waals surface area contributed by atoms with E-state index in [1.165, 1.54) is 22.5 Å². The number of nitrogens with zero attached hydrogens (tertiary/aromatic N) is 2. The average Bonchev–Trinajstić information content (AvgIpc) is 3.15. The van der Waals surface area contributed by atoms with Gasteiger partial charge in [0.25, 0.3) is 5.91 Å². The molecule has 1 N–H and O–H groups in total. The first-order valence-electron chi connectivity index (χ1n) is 9.17. The van der Waals surface area contributed by atoms with E-state index in [1.54, 1.807) is 24.4 Å². The first-order valence-corrected chi connectivity index (χ1v) is 9.99. The maximum atomic E-state index is 12.2. The highest BCUT2D eigenvalue weighted by atomic mass is 32.1.